The first-order valence-electron chi connectivity index (χ1n) is 12.0. The Kier molecular flexibility index (Phi) is 7.27. The van der Waals surface area contributed by atoms with Gasteiger partial charge in [-0.25, -0.2) is 23.4 Å². The highest BCUT2D eigenvalue weighted by molar-refractivity contribution is 7.87. The summed E-state index contributed by atoms with van der Waals surface area (Å²) < 4.78 is 75.8. The third-order valence-corrected chi connectivity index (χ3v) is 7.80. The molecule has 0 aliphatic carbocycles. The van der Waals surface area contributed by atoms with E-state index in [4.69, 9.17) is 13.9 Å². The van der Waals surface area contributed by atoms with Gasteiger partial charge < -0.3 is 13.9 Å². The number of esters is 1. The summed E-state index contributed by atoms with van der Waals surface area (Å²) in [5, 5.41) is 0. The van der Waals surface area contributed by atoms with Crippen molar-refractivity contribution in [2.75, 3.05) is 26.7 Å². The molecule has 2 aliphatic heterocycles. The number of nitrogens with one attached hydrogen (secondary N) is 1. The number of carbonyl (C=O) groups excluding carboxylic acids is 2. The minimum Gasteiger partial charge on any atom is -0.461 e. The van der Waals surface area contributed by atoms with Crippen LogP contribution in [0.3, 0.4) is 0 Å². The van der Waals surface area contributed by atoms with E-state index in [1.165, 1.54) is 25.2 Å². The van der Waals surface area contributed by atoms with Crippen molar-refractivity contribution in [2.24, 2.45) is 0 Å². The fourth-order valence-corrected chi connectivity index (χ4v) is 5.89. The van der Waals surface area contributed by atoms with Gasteiger partial charge in [0.25, 0.3) is 10.2 Å². The number of hydrogen-bond acceptors (Lipinski definition) is 8. The molecule has 4 rings (SSSR count). The summed E-state index contributed by atoms with van der Waals surface area (Å²) in [6.45, 7) is 5.75. The molecular formula is C24H30F2N4O7S. The Bertz CT molecular complexity index is 1340. The Balaban J connectivity index is 1.69. The number of ether oxygens (including phenoxy) is 2. The van der Waals surface area contributed by atoms with E-state index in [1.54, 1.807) is 27.7 Å². The molecule has 3 atom stereocenters. The molecule has 3 heterocycles. The molecule has 2 aromatic rings. The average molecular weight is 557 g/mol. The Hall–Kier alpha value is -3.10. The van der Waals surface area contributed by atoms with Gasteiger partial charge in [0.2, 0.25) is 5.89 Å². The SMILES string of the molecule is CCOC(=O)c1coc(-c2cccc(C[C@H]3[C@H]4NS(=O)(=O)N(C)CC4(F)CN3C(=O)OC(C)(C)C)c2F)n1. The van der Waals surface area contributed by atoms with Gasteiger partial charge in [-0.15, -0.1) is 0 Å². The molecule has 2 aliphatic rings. The van der Waals surface area contributed by atoms with E-state index < -0.39 is 64.5 Å². The first-order chi connectivity index (χ1) is 17.6. The number of amides is 1. The lowest BCUT2D eigenvalue weighted by atomic mass is 9.91. The van der Waals surface area contributed by atoms with Crippen LogP contribution in [0.4, 0.5) is 13.6 Å². The number of carbonyl (C=O) groups is 2. The van der Waals surface area contributed by atoms with Crippen LogP contribution in [0.2, 0.25) is 0 Å². The molecular weight excluding hydrogens is 526 g/mol. The zero-order valence-electron chi connectivity index (χ0n) is 21.7. The fourth-order valence-electron chi connectivity index (χ4n) is 4.63. The largest absolute Gasteiger partial charge is 0.461 e. The van der Waals surface area contributed by atoms with Crippen LogP contribution >= 0.6 is 0 Å². The number of likely N-dealkylation sites (tertiary alicyclic amines) is 1. The lowest BCUT2D eigenvalue weighted by Gasteiger charge is -2.38. The second kappa shape index (κ2) is 9.89. The van der Waals surface area contributed by atoms with Crippen LogP contribution < -0.4 is 4.72 Å². The standard InChI is InChI=1S/C24H30F2N4O7S/c1-6-35-21(31)16-11-36-20(27-16)15-9-7-8-14(18(15)25)10-17-19-24(26,12-29(5)38(33,34)28-19)13-30(17)22(32)37-23(2,3)4/h7-9,11,17,19,28H,6,10,12-13H2,1-5H3/t17-,19+,24?/m0/s1. The lowest BCUT2D eigenvalue weighted by molar-refractivity contribution is 0.0196. The van der Waals surface area contributed by atoms with Crippen molar-refractivity contribution in [1.82, 2.24) is 18.9 Å². The molecule has 1 aromatic heterocycles. The third-order valence-electron chi connectivity index (χ3n) is 6.30. The van der Waals surface area contributed by atoms with Crippen LogP contribution in [0.25, 0.3) is 11.5 Å². The molecule has 1 amide bonds. The molecule has 2 fully saturated rings. The molecule has 1 unspecified atom stereocenters. The summed E-state index contributed by atoms with van der Waals surface area (Å²) in [5.41, 5.74) is -3.20. The molecule has 11 nitrogen and oxygen atoms in total. The van der Waals surface area contributed by atoms with Gasteiger partial charge >= 0.3 is 12.1 Å². The number of oxazole rings is 1. The first-order valence-corrected chi connectivity index (χ1v) is 13.4. The minimum absolute atomic E-state index is 0.0549. The van der Waals surface area contributed by atoms with Crippen molar-refractivity contribution in [3.05, 3.63) is 41.5 Å². The molecule has 0 bridgehead atoms. The fraction of sp³-hybridized carbons (Fsp3) is 0.542. The maximum absolute atomic E-state index is 16.2. The lowest BCUT2D eigenvalue weighted by Crippen LogP contribution is -2.65. The number of alkyl halides is 1. The van der Waals surface area contributed by atoms with Gasteiger partial charge in [-0.3, -0.25) is 4.90 Å². The van der Waals surface area contributed by atoms with Gasteiger partial charge in [-0.2, -0.15) is 17.4 Å². The van der Waals surface area contributed by atoms with Gasteiger partial charge in [-0.1, -0.05) is 12.1 Å². The molecule has 208 valence electrons. The van der Waals surface area contributed by atoms with Gasteiger partial charge in [0.1, 0.15) is 17.7 Å². The zero-order chi connectivity index (χ0) is 28.0. The molecule has 0 radical (unpaired) electrons. The smallest absolute Gasteiger partial charge is 0.410 e. The van der Waals surface area contributed by atoms with Gasteiger partial charge in [0.05, 0.1) is 37.3 Å². The summed E-state index contributed by atoms with van der Waals surface area (Å²) in [7, 11) is -2.80. The van der Waals surface area contributed by atoms with Crippen molar-refractivity contribution < 1.29 is 40.7 Å². The van der Waals surface area contributed by atoms with E-state index in [2.05, 4.69) is 9.71 Å². The van der Waals surface area contributed by atoms with Crippen molar-refractivity contribution in [3.63, 3.8) is 0 Å². The van der Waals surface area contributed by atoms with E-state index in [-0.39, 0.29) is 35.7 Å². The van der Waals surface area contributed by atoms with Crippen molar-refractivity contribution in [1.29, 1.82) is 0 Å². The van der Waals surface area contributed by atoms with Crippen molar-refractivity contribution in [3.8, 4) is 11.5 Å². The molecule has 2 saturated heterocycles. The Morgan fingerprint density at radius 1 is 1.29 bits per heavy atom. The normalized spacial score (nSPS) is 25.2. The molecule has 0 saturated carbocycles. The van der Waals surface area contributed by atoms with Gasteiger partial charge in [-0.05, 0) is 45.7 Å². The molecule has 38 heavy (non-hydrogen) atoms. The second-order valence-corrected chi connectivity index (χ2v) is 12.1. The number of rotatable bonds is 5. The maximum atomic E-state index is 16.2. The topological polar surface area (TPSA) is 131 Å². The van der Waals surface area contributed by atoms with E-state index in [1.807, 2.05) is 0 Å². The minimum atomic E-state index is -4.03. The van der Waals surface area contributed by atoms with Crippen molar-refractivity contribution >= 4 is 22.3 Å². The van der Waals surface area contributed by atoms with Gasteiger partial charge in [0.15, 0.2) is 11.4 Å². The summed E-state index contributed by atoms with van der Waals surface area (Å²) in [4.78, 5) is 30.1. The first kappa shape index (κ1) is 27.9. The molecule has 1 N–H and O–H groups in total. The number of fused-ring (bicyclic) bond motifs is 1. The number of nitrogens with zero attached hydrogens (tertiary/aromatic N) is 3. The predicted octanol–water partition coefficient (Wildman–Crippen LogP) is 2.68. The van der Waals surface area contributed by atoms with Crippen LogP contribution in [0, 0.1) is 5.82 Å². The van der Waals surface area contributed by atoms with Crippen LogP contribution in [-0.4, -0.2) is 84.8 Å². The summed E-state index contributed by atoms with van der Waals surface area (Å²) in [6, 6.07) is 1.87. The number of halogens is 2. The van der Waals surface area contributed by atoms with E-state index in [9.17, 15) is 18.0 Å². The van der Waals surface area contributed by atoms with Crippen LogP contribution in [0.15, 0.2) is 28.9 Å². The number of benzene rings is 1. The molecule has 0 spiro atoms. The average Bonchev–Trinajstić information content (AvgIpc) is 3.38. The Morgan fingerprint density at radius 3 is 2.66 bits per heavy atom. The van der Waals surface area contributed by atoms with E-state index in [0.29, 0.717) is 0 Å². The Morgan fingerprint density at radius 2 is 2.00 bits per heavy atom. The quantitative estimate of drug-likeness (QED) is 0.557. The van der Waals surface area contributed by atoms with Gasteiger partial charge in [0, 0.05) is 7.05 Å². The Labute approximate surface area is 219 Å². The summed E-state index contributed by atoms with van der Waals surface area (Å²) in [5.74, 6) is -1.68. The maximum Gasteiger partial charge on any atom is 0.410 e. The highest BCUT2D eigenvalue weighted by Crippen LogP contribution is 2.39. The second-order valence-electron chi connectivity index (χ2n) is 10.3. The van der Waals surface area contributed by atoms with Crippen LogP contribution in [-0.2, 0) is 26.1 Å². The number of hydrogen-bond donors (Lipinski definition) is 1. The van der Waals surface area contributed by atoms with Crippen LogP contribution in [0.5, 0.6) is 0 Å². The van der Waals surface area contributed by atoms with Crippen LogP contribution in [0.1, 0.15) is 43.7 Å². The number of aromatic nitrogens is 1. The molecule has 14 heteroatoms. The highest BCUT2D eigenvalue weighted by Gasteiger charge is 2.60. The highest BCUT2D eigenvalue weighted by atomic mass is 32.2. The zero-order valence-corrected chi connectivity index (χ0v) is 22.5. The van der Waals surface area contributed by atoms with E-state index in [0.717, 1.165) is 15.5 Å². The third kappa shape index (κ3) is 5.38. The predicted molar refractivity (Wildman–Crippen MR) is 131 cm³/mol. The van der Waals surface area contributed by atoms with Crippen molar-refractivity contribution in [2.45, 2.75) is 57.5 Å². The van der Waals surface area contributed by atoms with E-state index >= 15 is 8.78 Å². The molecule has 1 aromatic carbocycles. The summed E-state index contributed by atoms with van der Waals surface area (Å²) in [6.07, 6.45) is -0.0441. The summed E-state index contributed by atoms with van der Waals surface area (Å²) >= 11 is 0. The monoisotopic (exact) mass is 556 g/mol.